The number of rotatable bonds is 8. The van der Waals surface area contributed by atoms with Gasteiger partial charge < -0.3 is 15.8 Å². The van der Waals surface area contributed by atoms with E-state index in [2.05, 4.69) is 24.1 Å². The lowest BCUT2D eigenvalue weighted by atomic mass is 9.98. The van der Waals surface area contributed by atoms with E-state index in [0.29, 0.717) is 5.82 Å². The lowest BCUT2D eigenvalue weighted by Crippen LogP contribution is -2.42. The number of nitrogens with two attached hydrogens (primary N) is 1. The number of methoxy groups -OCH3 is 1. The molecular weight excluding hydrogens is 226 g/mol. The second kappa shape index (κ2) is 8.06. The van der Waals surface area contributed by atoms with Crippen LogP contribution in [0.5, 0.6) is 0 Å². The number of hydrogen-bond donors (Lipinski definition) is 2. The zero-order valence-electron chi connectivity index (χ0n) is 11.6. The molecular formula is C14H25N3O. The molecule has 0 aliphatic rings. The van der Waals surface area contributed by atoms with E-state index < -0.39 is 0 Å². The molecule has 0 bridgehead atoms. The van der Waals surface area contributed by atoms with Gasteiger partial charge in [-0.3, -0.25) is 0 Å². The average Bonchev–Trinajstić information content (AvgIpc) is 2.38. The summed E-state index contributed by atoms with van der Waals surface area (Å²) < 4.78 is 5.59. The molecule has 0 aliphatic heterocycles. The molecule has 0 saturated heterocycles. The molecule has 2 atom stereocenters. The van der Waals surface area contributed by atoms with Gasteiger partial charge in [-0.25, -0.2) is 4.98 Å². The van der Waals surface area contributed by atoms with Crippen LogP contribution in [0.15, 0.2) is 18.3 Å². The summed E-state index contributed by atoms with van der Waals surface area (Å²) in [7, 11) is 1.78. The number of hydrogen-bond acceptors (Lipinski definition) is 4. The van der Waals surface area contributed by atoms with Gasteiger partial charge in [0, 0.05) is 19.3 Å². The Kier molecular flexibility index (Phi) is 6.68. The lowest BCUT2D eigenvalue weighted by Gasteiger charge is -2.27. The second-order valence-electron chi connectivity index (χ2n) is 4.48. The van der Waals surface area contributed by atoms with E-state index in [4.69, 9.17) is 10.5 Å². The standard InChI is InChI=1S/C14H25N3O/c1-4-7-13(18-3)12(16-5-2)10-11-8-6-9-17-14(11)15/h6,8-9,12-13,16H,4-5,7,10H2,1-3H3,(H2,15,17). The summed E-state index contributed by atoms with van der Waals surface area (Å²) >= 11 is 0. The molecule has 4 nitrogen and oxygen atoms in total. The summed E-state index contributed by atoms with van der Waals surface area (Å²) in [6.45, 7) is 5.21. The summed E-state index contributed by atoms with van der Waals surface area (Å²) in [6, 6.07) is 4.24. The topological polar surface area (TPSA) is 60.2 Å². The van der Waals surface area contributed by atoms with Crippen LogP contribution in [0, 0.1) is 0 Å². The van der Waals surface area contributed by atoms with Gasteiger partial charge in [0.25, 0.3) is 0 Å². The molecule has 0 aliphatic carbocycles. The summed E-state index contributed by atoms with van der Waals surface area (Å²) in [4.78, 5) is 4.13. The molecule has 2 unspecified atom stereocenters. The first kappa shape index (κ1) is 14.9. The van der Waals surface area contributed by atoms with Crippen LogP contribution in [0.2, 0.25) is 0 Å². The van der Waals surface area contributed by atoms with Crippen LogP contribution in [-0.4, -0.2) is 30.8 Å². The van der Waals surface area contributed by atoms with Gasteiger partial charge in [0.2, 0.25) is 0 Å². The fourth-order valence-corrected chi connectivity index (χ4v) is 2.23. The van der Waals surface area contributed by atoms with Crippen molar-refractivity contribution < 1.29 is 4.74 Å². The quantitative estimate of drug-likeness (QED) is 0.742. The van der Waals surface area contributed by atoms with Crippen molar-refractivity contribution >= 4 is 5.82 Å². The fourth-order valence-electron chi connectivity index (χ4n) is 2.23. The maximum absolute atomic E-state index is 5.90. The molecule has 1 aromatic rings. The lowest BCUT2D eigenvalue weighted by molar-refractivity contribution is 0.0614. The maximum atomic E-state index is 5.90. The number of nitrogen functional groups attached to an aromatic ring is 1. The molecule has 0 amide bonds. The second-order valence-corrected chi connectivity index (χ2v) is 4.48. The Balaban J connectivity index is 2.75. The predicted molar refractivity (Wildman–Crippen MR) is 75.5 cm³/mol. The van der Waals surface area contributed by atoms with E-state index >= 15 is 0 Å². The third-order valence-corrected chi connectivity index (χ3v) is 3.16. The molecule has 0 fully saturated rings. The van der Waals surface area contributed by atoms with E-state index in [1.807, 2.05) is 12.1 Å². The van der Waals surface area contributed by atoms with Crippen molar-refractivity contribution in [3.63, 3.8) is 0 Å². The fraction of sp³-hybridized carbons (Fsp3) is 0.643. The first-order chi connectivity index (χ1) is 8.72. The first-order valence-electron chi connectivity index (χ1n) is 6.68. The van der Waals surface area contributed by atoms with Crippen LogP contribution < -0.4 is 11.1 Å². The molecule has 102 valence electrons. The van der Waals surface area contributed by atoms with E-state index in [1.54, 1.807) is 13.3 Å². The summed E-state index contributed by atoms with van der Waals surface area (Å²) in [5.74, 6) is 0.617. The van der Waals surface area contributed by atoms with Crippen molar-refractivity contribution in [2.24, 2.45) is 0 Å². The molecule has 1 aromatic heterocycles. The number of nitrogens with one attached hydrogen (secondary N) is 1. The van der Waals surface area contributed by atoms with E-state index in [0.717, 1.165) is 31.4 Å². The van der Waals surface area contributed by atoms with E-state index in [1.165, 1.54) is 0 Å². The average molecular weight is 251 g/mol. The highest BCUT2D eigenvalue weighted by molar-refractivity contribution is 5.39. The molecule has 1 heterocycles. The highest BCUT2D eigenvalue weighted by Crippen LogP contribution is 2.15. The number of pyridine rings is 1. The van der Waals surface area contributed by atoms with Gasteiger partial charge in [-0.05, 0) is 31.0 Å². The Morgan fingerprint density at radius 2 is 2.22 bits per heavy atom. The van der Waals surface area contributed by atoms with Crippen molar-refractivity contribution in [3.05, 3.63) is 23.9 Å². The van der Waals surface area contributed by atoms with Gasteiger partial charge in [-0.1, -0.05) is 26.3 Å². The first-order valence-corrected chi connectivity index (χ1v) is 6.68. The number of likely N-dealkylation sites (N-methyl/N-ethyl adjacent to an activating group) is 1. The van der Waals surface area contributed by atoms with Crippen LogP contribution in [0.1, 0.15) is 32.3 Å². The van der Waals surface area contributed by atoms with Crippen LogP contribution in [0.25, 0.3) is 0 Å². The van der Waals surface area contributed by atoms with Crippen LogP contribution >= 0.6 is 0 Å². The minimum atomic E-state index is 0.217. The van der Waals surface area contributed by atoms with E-state index in [9.17, 15) is 0 Å². The predicted octanol–water partition coefficient (Wildman–Crippen LogP) is 2.00. The molecule has 0 saturated carbocycles. The Bertz CT molecular complexity index is 344. The highest BCUT2D eigenvalue weighted by atomic mass is 16.5. The van der Waals surface area contributed by atoms with Gasteiger partial charge in [-0.2, -0.15) is 0 Å². The molecule has 18 heavy (non-hydrogen) atoms. The largest absolute Gasteiger partial charge is 0.383 e. The van der Waals surface area contributed by atoms with Crippen molar-refractivity contribution in [2.45, 2.75) is 45.3 Å². The van der Waals surface area contributed by atoms with Crippen molar-refractivity contribution in [2.75, 3.05) is 19.4 Å². The molecule has 4 heteroatoms. The van der Waals surface area contributed by atoms with Gasteiger partial charge in [0.15, 0.2) is 0 Å². The van der Waals surface area contributed by atoms with Crippen molar-refractivity contribution in [1.29, 1.82) is 0 Å². The molecule has 0 radical (unpaired) electrons. The number of nitrogens with zero attached hydrogens (tertiary/aromatic N) is 1. The molecule has 3 N–H and O–H groups in total. The Labute approximate surface area is 110 Å². The Hall–Kier alpha value is -1.13. The normalized spacial score (nSPS) is 14.4. The van der Waals surface area contributed by atoms with Crippen molar-refractivity contribution in [1.82, 2.24) is 10.3 Å². The SMILES string of the molecule is CCCC(OC)C(Cc1cccnc1N)NCC. The third kappa shape index (κ3) is 4.27. The minimum absolute atomic E-state index is 0.217. The monoisotopic (exact) mass is 251 g/mol. The summed E-state index contributed by atoms with van der Waals surface area (Å²) in [6.07, 6.45) is 4.96. The van der Waals surface area contributed by atoms with Gasteiger partial charge in [-0.15, -0.1) is 0 Å². The highest BCUT2D eigenvalue weighted by Gasteiger charge is 2.20. The van der Waals surface area contributed by atoms with Gasteiger partial charge in [0.05, 0.1) is 6.10 Å². The maximum Gasteiger partial charge on any atom is 0.126 e. The van der Waals surface area contributed by atoms with E-state index in [-0.39, 0.29) is 12.1 Å². The number of aromatic nitrogens is 1. The Morgan fingerprint density at radius 3 is 2.78 bits per heavy atom. The zero-order chi connectivity index (χ0) is 13.4. The molecule has 1 rings (SSSR count). The van der Waals surface area contributed by atoms with Crippen LogP contribution in [-0.2, 0) is 11.2 Å². The number of anilines is 1. The van der Waals surface area contributed by atoms with Crippen molar-refractivity contribution in [3.8, 4) is 0 Å². The smallest absolute Gasteiger partial charge is 0.126 e. The Morgan fingerprint density at radius 1 is 1.44 bits per heavy atom. The third-order valence-electron chi connectivity index (χ3n) is 3.16. The number of ether oxygens (including phenoxy) is 1. The van der Waals surface area contributed by atoms with Crippen LogP contribution in [0.3, 0.4) is 0 Å². The van der Waals surface area contributed by atoms with Gasteiger partial charge >= 0.3 is 0 Å². The summed E-state index contributed by atoms with van der Waals surface area (Å²) in [5.41, 5.74) is 6.99. The molecule has 0 spiro atoms. The summed E-state index contributed by atoms with van der Waals surface area (Å²) in [5, 5.41) is 3.49. The molecule has 0 aromatic carbocycles. The zero-order valence-corrected chi connectivity index (χ0v) is 11.6. The minimum Gasteiger partial charge on any atom is -0.383 e. The van der Waals surface area contributed by atoms with Gasteiger partial charge in [0.1, 0.15) is 5.82 Å². The van der Waals surface area contributed by atoms with Crippen LogP contribution in [0.4, 0.5) is 5.82 Å².